The lowest BCUT2D eigenvalue weighted by molar-refractivity contribution is -0.121. The van der Waals surface area contributed by atoms with Crippen molar-refractivity contribution in [3.05, 3.63) is 12.4 Å². The number of amides is 1. The average Bonchev–Trinajstić information content (AvgIpc) is 2.98. The van der Waals surface area contributed by atoms with E-state index in [1.807, 2.05) is 13.0 Å². The van der Waals surface area contributed by atoms with Gasteiger partial charge in [-0.15, -0.1) is 0 Å². The van der Waals surface area contributed by atoms with E-state index in [9.17, 15) is 4.79 Å². The highest BCUT2D eigenvalue weighted by atomic mass is 16.1. The summed E-state index contributed by atoms with van der Waals surface area (Å²) in [5.41, 5.74) is 0. The van der Waals surface area contributed by atoms with Crippen LogP contribution in [0.1, 0.15) is 32.6 Å². The lowest BCUT2D eigenvalue weighted by atomic mass is 10.3. The Morgan fingerprint density at radius 3 is 2.85 bits per heavy atom. The van der Waals surface area contributed by atoms with Crippen molar-refractivity contribution >= 4 is 17.5 Å². The Hall–Kier alpha value is -1.85. The van der Waals surface area contributed by atoms with Gasteiger partial charge in [0.1, 0.15) is 18.0 Å². The second-order valence-corrected chi connectivity index (χ2v) is 4.98. The SMILES string of the molecule is CCCC(=O)NCCNc1cc(N2CCCC2)ncn1. The average molecular weight is 277 g/mol. The molecular formula is C14H23N5O. The molecule has 0 saturated carbocycles. The molecule has 2 rings (SSSR count). The van der Waals surface area contributed by atoms with Gasteiger partial charge in [-0.25, -0.2) is 9.97 Å². The largest absolute Gasteiger partial charge is 0.368 e. The minimum absolute atomic E-state index is 0.106. The number of aromatic nitrogens is 2. The molecule has 20 heavy (non-hydrogen) atoms. The number of hydrogen-bond donors (Lipinski definition) is 2. The van der Waals surface area contributed by atoms with Crippen LogP contribution in [0.2, 0.25) is 0 Å². The van der Waals surface area contributed by atoms with E-state index in [2.05, 4.69) is 25.5 Å². The summed E-state index contributed by atoms with van der Waals surface area (Å²) in [6.45, 7) is 5.43. The Morgan fingerprint density at radius 1 is 1.30 bits per heavy atom. The number of nitrogens with zero attached hydrogens (tertiary/aromatic N) is 3. The molecule has 1 aromatic rings. The minimum atomic E-state index is 0.106. The van der Waals surface area contributed by atoms with Gasteiger partial charge in [-0.1, -0.05) is 6.92 Å². The Balaban J connectivity index is 1.75. The fraction of sp³-hybridized carbons (Fsp3) is 0.643. The summed E-state index contributed by atoms with van der Waals surface area (Å²) in [7, 11) is 0. The zero-order chi connectivity index (χ0) is 14.2. The number of nitrogens with one attached hydrogen (secondary N) is 2. The highest BCUT2D eigenvalue weighted by Gasteiger charge is 2.13. The molecule has 0 spiro atoms. The molecular weight excluding hydrogens is 254 g/mol. The molecule has 1 aliphatic heterocycles. The highest BCUT2D eigenvalue weighted by molar-refractivity contribution is 5.75. The van der Waals surface area contributed by atoms with Crippen molar-refractivity contribution in [1.29, 1.82) is 0 Å². The fourth-order valence-electron chi connectivity index (χ4n) is 2.27. The topological polar surface area (TPSA) is 70.2 Å². The number of anilines is 2. The summed E-state index contributed by atoms with van der Waals surface area (Å²) in [4.78, 5) is 22.1. The molecule has 2 heterocycles. The van der Waals surface area contributed by atoms with Crippen LogP contribution in [0.15, 0.2) is 12.4 Å². The molecule has 1 saturated heterocycles. The van der Waals surface area contributed by atoms with Crippen LogP contribution in [0.3, 0.4) is 0 Å². The highest BCUT2D eigenvalue weighted by Crippen LogP contribution is 2.18. The Bertz CT molecular complexity index is 431. The Labute approximate surface area is 120 Å². The summed E-state index contributed by atoms with van der Waals surface area (Å²) >= 11 is 0. The molecule has 6 nitrogen and oxygen atoms in total. The predicted molar refractivity (Wildman–Crippen MR) is 79.9 cm³/mol. The van der Waals surface area contributed by atoms with Crippen molar-refractivity contribution in [2.24, 2.45) is 0 Å². The maximum atomic E-state index is 11.3. The number of hydrogen-bond acceptors (Lipinski definition) is 5. The first-order valence-corrected chi connectivity index (χ1v) is 7.37. The number of rotatable bonds is 7. The lowest BCUT2D eigenvalue weighted by Crippen LogP contribution is -2.28. The van der Waals surface area contributed by atoms with Crippen LogP contribution in [0.4, 0.5) is 11.6 Å². The van der Waals surface area contributed by atoms with Crippen molar-refractivity contribution in [2.75, 3.05) is 36.4 Å². The van der Waals surface area contributed by atoms with E-state index in [1.165, 1.54) is 12.8 Å². The molecule has 1 amide bonds. The van der Waals surface area contributed by atoms with Gasteiger partial charge in [0, 0.05) is 38.7 Å². The van der Waals surface area contributed by atoms with Crippen LogP contribution in [0.25, 0.3) is 0 Å². The standard InChI is InChI=1S/C14H23N5O/c1-2-5-14(20)16-7-6-15-12-10-13(18-11-17-12)19-8-3-4-9-19/h10-11H,2-9H2,1H3,(H,16,20)(H,15,17,18). The molecule has 110 valence electrons. The zero-order valence-corrected chi connectivity index (χ0v) is 12.1. The van der Waals surface area contributed by atoms with Crippen LogP contribution in [-0.4, -0.2) is 42.1 Å². The quantitative estimate of drug-likeness (QED) is 0.737. The van der Waals surface area contributed by atoms with Crippen LogP contribution in [0.5, 0.6) is 0 Å². The van der Waals surface area contributed by atoms with E-state index in [-0.39, 0.29) is 5.91 Å². The second kappa shape index (κ2) is 7.67. The monoisotopic (exact) mass is 277 g/mol. The minimum Gasteiger partial charge on any atom is -0.368 e. The predicted octanol–water partition coefficient (Wildman–Crippen LogP) is 1.40. The van der Waals surface area contributed by atoms with Gasteiger partial charge in [0.2, 0.25) is 5.91 Å². The first-order valence-electron chi connectivity index (χ1n) is 7.37. The van der Waals surface area contributed by atoms with Gasteiger partial charge in [0.25, 0.3) is 0 Å². The normalized spacial score (nSPS) is 14.3. The van der Waals surface area contributed by atoms with Crippen molar-refractivity contribution < 1.29 is 4.79 Å². The molecule has 1 aliphatic rings. The van der Waals surface area contributed by atoms with Crippen molar-refractivity contribution in [2.45, 2.75) is 32.6 Å². The molecule has 0 atom stereocenters. The number of carbonyl (C=O) groups excluding carboxylic acids is 1. The summed E-state index contributed by atoms with van der Waals surface area (Å²) in [6, 6.07) is 1.97. The van der Waals surface area contributed by atoms with Gasteiger partial charge < -0.3 is 15.5 Å². The van der Waals surface area contributed by atoms with Crippen LogP contribution >= 0.6 is 0 Å². The molecule has 2 N–H and O–H groups in total. The fourth-order valence-corrected chi connectivity index (χ4v) is 2.27. The third-order valence-corrected chi connectivity index (χ3v) is 3.31. The van der Waals surface area contributed by atoms with Crippen molar-refractivity contribution in [3.63, 3.8) is 0 Å². The summed E-state index contributed by atoms with van der Waals surface area (Å²) < 4.78 is 0. The summed E-state index contributed by atoms with van der Waals surface area (Å²) in [5.74, 6) is 1.90. The lowest BCUT2D eigenvalue weighted by Gasteiger charge is -2.16. The van der Waals surface area contributed by atoms with E-state index in [0.717, 1.165) is 31.1 Å². The molecule has 0 unspecified atom stereocenters. The van der Waals surface area contributed by atoms with Crippen molar-refractivity contribution in [1.82, 2.24) is 15.3 Å². The van der Waals surface area contributed by atoms with E-state index >= 15 is 0 Å². The van der Waals surface area contributed by atoms with Gasteiger partial charge in [-0.2, -0.15) is 0 Å². The van der Waals surface area contributed by atoms with E-state index in [0.29, 0.717) is 19.5 Å². The van der Waals surface area contributed by atoms with E-state index in [4.69, 9.17) is 0 Å². The van der Waals surface area contributed by atoms with Crippen LogP contribution < -0.4 is 15.5 Å². The first-order chi connectivity index (χ1) is 9.79. The van der Waals surface area contributed by atoms with Gasteiger partial charge in [0.05, 0.1) is 0 Å². The van der Waals surface area contributed by atoms with Gasteiger partial charge in [0.15, 0.2) is 0 Å². The maximum Gasteiger partial charge on any atom is 0.220 e. The van der Waals surface area contributed by atoms with Crippen LogP contribution in [0, 0.1) is 0 Å². The Kier molecular flexibility index (Phi) is 5.58. The molecule has 0 bridgehead atoms. The third kappa shape index (κ3) is 4.36. The van der Waals surface area contributed by atoms with E-state index in [1.54, 1.807) is 6.33 Å². The maximum absolute atomic E-state index is 11.3. The Morgan fingerprint density at radius 2 is 2.10 bits per heavy atom. The molecule has 6 heteroatoms. The first kappa shape index (κ1) is 14.6. The molecule has 1 aromatic heterocycles. The molecule has 0 radical (unpaired) electrons. The zero-order valence-electron chi connectivity index (χ0n) is 12.1. The molecule has 0 aromatic carbocycles. The molecule has 1 fully saturated rings. The van der Waals surface area contributed by atoms with Crippen molar-refractivity contribution in [3.8, 4) is 0 Å². The van der Waals surface area contributed by atoms with E-state index < -0.39 is 0 Å². The molecule has 0 aliphatic carbocycles. The summed E-state index contributed by atoms with van der Waals surface area (Å²) in [5, 5.41) is 6.08. The second-order valence-electron chi connectivity index (χ2n) is 4.98. The summed E-state index contributed by atoms with van der Waals surface area (Å²) in [6.07, 6.45) is 5.52. The van der Waals surface area contributed by atoms with Crippen LogP contribution in [-0.2, 0) is 4.79 Å². The van der Waals surface area contributed by atoms with Gasteiger partial charge in [-0.05, 0) is 19.3 Å². The van der Waals surface area contributed by atoms with Gasteiger partial charge in [-0.3, -0.25) is 4.79 Å². The smallest absolute Gasteiger partial charge is 0.220 e. The van der Waals surface area contributed by atoms with Gasteiger partial charge >= 0.3 is 0 Å². The third-order valence-electron chi connectivity index (χ3n) is 3.31. The number of carbonyl (C=O) groups is 1.